The summed E-state index contributed by atoms with van der Waals surface area (Å²) in [4.78, 5) is 0. The van der Waals surface area contributed by atoms with E-state index < -0.39 is 0 Å². The van der Waals surface area contributed by atoms with Crippen LogP contribution in [0.2, 0.25) is 0 Å². The lowest BCUT2D eigenvalue weighted by atomic mass is 10.00. The van der Waals surface area contributed by atoms with Crippen molar-refractivity contribution in [3.05, 3.63) is 48.0 Å². The van der Waals surface area contributed by atoms with E-state index in [0.29, 0.717) is 12.0 Å². The fourth-order valence-corrected chi connectivity index (χ4v) is 1.79. The lowest BCUT2D eigenvalue weighted by Gasteiger charge is -2.09. The second-order valence-corrected chi connectivity index (χ2v) is 3.72. The summed E-state index contributed by atoms with van der Waals surface area (Å²) in [5, 5.41) is 19.7. The van der Waals surface area contributed by atoms with Crippen LogP contribution >= 0.6 is 0 Å². The Kier molecular flexibility index (Phi) is 2.82. The number of hydrogen-bond donors (Lipinski definition) is 2. The smallest absolute Gasteiger partial charge is 0.126 e. The Hall–Kier alpha value is -1.96. The zero-order chi connectivity index (χ0) is 11.5. The van der Waals surface area contributed by atoms with Crippen LogP contribution in [-0.2, 0) is 6.42 Å². The van der Waals surface area contributed by atoms with E-state index in [0.717, 1.165) is 11.1 Å². The minimum atomic E-state index is 0.188. The van der Waals surface area contributed by atoms with Gasteiger partial charge in [0.1, 0.15) is 11.5 Å². The quantitative estimate of drug-likeness (QED) is 0.753. The number of benzene rings is 2. The molecule has 0 aromatic heterocycles. The largest absolute Gasteiger partial charge is 0.508 e. The molecule has 0 spiro atoms. The first-order valence-corrected chi connectivity index (χ1v) is 5.32. The molecule has 2 rings (SSSR count). The molecular formula is C14H14O2. The average molecular weight is 214 g/mol. The number of rotatable bonds is 2. The molecule has 2 nitrogen and oxygen atoms in total. The lowest BCUT2D eigenvalue weighted by molar-refractivity contribution is 0.456. The van der Waals surface area contributed by atoms with E-state index in [2.05, 4.69) is 0 Å². The van der Waals surface area contributed by atoms with Crippen molar-refractivity contribution in [2.45, 2.75) is 13.3 Å². The maximum atomic E-state index is 10.1. The second-order valence-electron chi connectivity index (χ2n) is 3.72. The number of aryl methyl sites for hydroxylation is 1. The fraction of sp³-hybridized carbons (Fsp3) is 0.143. The van der Waals surface area contributed by atoms with Crippen LogP contribution in [-0.4, -0.2) is 10.2 Å². The van der Waals surface area contributed by atoms with Gasteiger partial charge in [-0.1, -0.05) is 37.3 Å². The van der Waals surface area contributed by atoms with Gasteiger partial charge in [-0.15, -0.1) is 0 Å². The van der Waals surface area contributed by atoms with E-state index in [1.54, 1.807) is 12.1 Å². The molecule has 0 radical (unpaired) electrons. The molecule has 0 saturated heterocycles. The normalized spacial score (nSPS) is 10.3. The zero-order valence-corrected chi connectivity index (χ0v) is 9.14. The molecule has 2 aromatic carbocycles. The van der Waals surface area contributed by atoms with Crippen LogP contribution in [0.5, 0.6) is 11.5 Å². The highest BCUT2D eigenvalue weighted by Crippen LogP contribution is 2.35. The van der Waals surface area contributed by atoms with Crippen molar-refractivity contribution in [3.8, 4) is 22.6 Å². The molecule has 2 N–H and O–H groups in total. The molecule has 0 saturated carbocycles. The predicted molar refractivity (Wildman–Crippen MR) is 64.6 cm³/mol. The summed E-state index contributed by atoms with van der Waals surface area (Å²) in [6.45, 7) is 1.95. The Labute approximate surface area is 94.8 Å². The van der Waals surface area contributed by atoms with E-state index in [9.17, 15) is 10.2 Å². The summed E-state index contributed by atoms with van der Waals surface area (Å²) in [5.74, 6) is 0.444. The van der Waals surface area contributed by atoms with Crippen molar-refractivity contribution in [1.29, 1.82) is 0 Å². The number of phenols is 2. The summed E-state index contributed by atoms with van der Waals surface area (Å²) < 4.78 is 0. The summed E-state index contributed by atoms with van der Waals surface area (Å²) in [6.07, 6.45) is 0.695. The fourth-order valence-electron chi connectivity index (χ4n) is 1.79. The van der Waals surface area contributed by atoms with Crippen molar-refractivity contribution >= 4 is 0 Å². The number of aromatic hydroxyl groups is 2. The molecule has 2 heteroatoms. The summed E-state index contributed by atoms with van der Waals surface area (Å²) >= 11 is 0. The molecule has 0 heterocycles. The standard InChI is InChI=1S/C14H14O2/c1-2-10-8-12(15)9-13(14(10)16)11-6-4-3-5-7-11/h3-9,15-16H,2H2,1H3. The van der Waals surface area contributed by atoms with E-state index in [4.69, 9.17) is 0 Å². The minimum absolute atomic E-state index is 0.188. The van der Waals surface area contributed by atoms with Crippen LogP contribution in [0.3, 0.4) is 0 Å². The third kappa shape index (κ3) is 1.87. The van der Waals surface area contributed by atoms with Gasteiger partial charge in [0.05, 0.1) is 0 Å². The highest BCUT2D eigenvalue weighted by Gasteiger charge is 2.09. The molecule has 0 aliphatic heterocycles. The first-order valence-electron chi connectivity index (χ1n) is 5.32. The molecule has 82 valence electrons. The Morgan fingerprint density at radius 3 is 2.31 bits per heavy atom. The highest BCUT2D eigenvalue weighted by molar-refractivity contribution is 5.73. The third-order valence-corrected chi connectivity index (χ3v) is 2.64. The summed E-state index contributed by atoms with van der Waals surface area (Å²) in [6, 6.07) is 12.7. The second kappa shape index (κ2) is 4.27. The Balaban J connectivity index is 2.61. The first kappa shape index (κ1) is 10.6. The molecule has 0 bridgehead atoms. The van der Waals surface area contributed by atoms with Crippen molar-refractivity contribution in [1.82, 2.24) is 0 Å². The minimum Gasteiger partial charge on any atom is -0.508 e. The van der Waals surface area contributed by atoms with Crippen molar-refractivity contribution in [3.63, 3.8) is 0 Å². The van der Waals surface area contributed by atoms with Gasteiger partial charge in [0.15, 0.2) is 0 Å². The van der Waals surface area contributed by atoms with Gasteiger partial charge in [-0.3, -0.25) is 0 Å². The molecule has 0 unspecified atom stereocenters. The van der Waals surface area contributed by atoms with E-state index in [1.165, 1.54) is 0 Å². The van der Waals surface area contributed by atoms with Gasteiger partial charge >= 0.3 is 0 Å². The van der Waals surface area contributed by atoms with Gasteiger partial charge in [0.2, 0.25) is 0 Å². The first-order chi connectivity index (χ1) is 7.72. The molecule has 0 fully saturated rings. The maximum absolute atomic E-state index is 10.1. The lowest BCUT2D eigenvalue weighted by Crippen LogP contribution is -1.86. The molecule has 0 atom stereocenters. The number of hydrogen-bond acceptors (Lipinski definition) is 2. The molecule has 16 heavy (non-hydrogen) atoms. The van der Waals surface area contributed by atoms with Gasteiger partial charge in [0.25, 0.3) is 0 Å². The van der Waals surface area contributed by atoms with Crippen LogP contribution in [0.1, 0.15) is 12.5 Å². The predicted octanol–water partition coefficient (Wildman–Crippen LogP) is 3.33. The van der Waals surface area contributed by atoms with Gasteiger partial charge in [-0.05, 0) is 29.7 Å². The van der Waals surface area contributed by atoms with Gasteiger partial charge in [0, 0.05) is 5.56 Å². The van der Waals surface area contributed by atoms with Gasteiger partial charge in [-0.2, -0.15) is 0 Å². The molecule has 0 amide bonds. The number of phenolic OH excluding ortho intramolecular Hbond substituents is 2. The summed E-state index contributed by atoms with van der Waals surface area (Å²) in [7, 11) is 0. The molecule has 2 aromatic rings. The third-order valence-electron chi connectivity index (χ3n) is 2.64. The van der Waals surface area contributed by atoms with Crippen LogP contribution in [0.25, 0.3) is 11.1 Å². The highest BCUT2D eigenvalue weighted by atomic mass is 16.3. The Morgan fingerprint density at radius 1 is 1.00 bits per heavy atom. The van der Waals surface area contributed by atoms with E-state index >= 15 is 0 Å². The summed E-state index contributed by atoms with van der Waals surface area (Å²) in [5.41, 5.74) is 2.35. The SMILES string of the molecule is CCc1cc(O)cc(-c2ccccc2)c1O. The molecular weight excluding hydrogens is 200 g/mol. The van der Waals surface area contributed by atoms with E-state index in [1.807, 2.05) is 37.3 Å². The van der Waals surface area contributed by atoms with E-state index in [-0.39, 0.29) is 11.5 Å². The van der Waals surface area contributed by atoms with Crippen LogP contribution in [0.15, 0.2) is 42.5 Å². The Morgan fingerprint density at radius 2 is 1.69 bits per heavy atom. The van der Waals surface area contributed by atoms with Crippen molar-refractivity contribution in [2.24, 2.45) is 0 Å². The Bertz CT molecular complexity index is 490. The van der Waals surface area contributed by atoms with Crippen LogP contribution in [0, 0.1) is 0 Å². The molecule has 0 aliphatic rings. The van der Waals surface area contributed by atoms with Crippen molar-refractivity contribution in [2.75, 3.05) is 0 Å². The zero-order valence-electron chi connectivity index (χ0n) is 9.14. The van der Waals surface area contributed by atoms with Gasteiger partial charge in [-0.25, -0.2) is 0 Å². The molecule has 0 aliphatic carbocycles. The topological polar surface area (TPSA) is 40.5 Å². The van der Waals surface area contributed by atoms with Crippen LogP contribution < -0.4 is 0 Å². The van der Waals surface area contributed by atoms with Gasteiger partial charge < -0.3 is 10.2 Å². The maximum Gasteiger partial charge on any atom is 0.126 e. The van der Waals surface area contributed by atoms with Crippen LogP contribution in [0.4, 0.5) is 0 Å². The monoisotopic (exact) mass is 214 g/mol. The van der Waals surface area contributed by atoms with Crippen molar-refractivity contribution < 1.29 is 10.2 Å². The average Bonchev–Trinajstić information content (AvgIpc) is 2.33.